The van der Waals surface area contributed by atoms with Gasteiger partial charge in [0, 0.05) is 13.7 Å². The van der Waals surface area contributed by atoms with E-state index < -0.39 is 10.0 Å². The topological polar surface area (TPSA) is 23.8 Å². The lowest BCUT2D eigenvalue weighted by Crippen LogP contribution is -2.23. The Hall–Kier alpha value is -0.553. The van der Waals surface area contributed by atoms with Gasteiger partial charge in [0.2, 0.25) is 0 Å². The van der Waals surface area contributed by atoms with Crippen molar-refractivity contribution < 1.29 is 0 Å². The van der Waals surface area contributed by atoms with E-state index in [1.54, 1.807) is 0 Å². The summed E-state index contributed by atoms with van der Waals surface area (Å²) in [5, 5.41) is 9.28. The molecule has 0 aromatic carbocycles. The fourth-order valence-electron chi connectivity index (χ4n) is 2.65. The molecule has 2 aliphatic rings. The van der Waals surface area contributed by atoms with Crippen LogP contribution in [0.1, 0.15) is 19.3 Å². The number of hydrogen-bond donors (Lipinski definition) is 0. The summed E-state index contributed by atoms with van der Waals surface area (Å²) in [4.78, 5) is 0. The monoisotopic (exact) mass is 183 g/mol. The molecule has 3 atom stereocenters. The van der Waals surface area contributed by atoms with Crippen molar-refractivity contribution in [1.82, 2.24) is 0 Å². The van der Waals surface area contributed by atoms with Crippen LogP contribution in [0.15, 0.2) is 12.2 Å². The minimum absolute atomic E-state index is 0.303. The minimum atomic E-state index is -3.24. The molecule has 1 saturated carbocycles. The maximum Gasteiger partial charge on any atom is 0.0696 e. The SMILES string of the molecule is [3H][Si]([3H])([3H])CCC1(C#N)CC2C=CC1C2. The molecule has 12 heavy (non-hydrogen) atoms. The van der Waals surface area contributed by atoms with E-state index in [1.165, 1.54) is 0 Å². The van der Waals surface area contributed by atoms with Crippen molar-refractivity contribution in [2.75, 3.05) is 0 Å². The van der Waals surface area contributed by atoms with E-state index in [1.807, 2.05) is 0 Å². The van der Waals surface area contributed by atoms with Gasteiger partial charge in [-0.25, -0.2) is 0 Å². The fraction of sp³-hybridized carbons (Fsp3) is 0.700. The summed E-state index contributed by atoms with van der Waals surface area (Å²) in [5.74, 6) is 0.858. The maximum absolute atomic E-state index is 9.28. The molecule has 0 aromatic heterocycles. The zero-order chi connectivity index (χ0) is 11.1. The molecule has 2 heteroatoms. The molecule has 64 valence electrons. The first-order valence-corrected chi connectivity index (χ1v) is 5.25. The molecule has 2 bridgehead atoms. The molecule has 2 aliphatic carbocycles. The lowest BCUT2D eigenvalue weighted by atomic mass is 9.75. The molecular formula is C10H15NSi. The van der Waals surface area contributed by atoms with Gasteiger partial charge in [-0.2, -0.15) is 5.26 Å². The van der Waals surface area contributed by atoms with E-state index >= 15 is 0 Å². The number of nitriles is 1. The summed E-state index contributed by atoms with van der Waals surface area (Å²) in [6.07, 6.45) is 6.84. The van der Waals surface area contributed by atoms with Crippen molar-refractivity contribution in [3.05, 3.63) is 12.2 Å². The molecule has 0 N–H and O–H groups in total. The van der Waals surface area contributed by atoms with Crippen LogP contribution in [-0.4, -0.2) is 13.7 Å². The Labute approximate surface area is 80.6 Å². The summed E-state index contributed by atoms with van der Waals surface area (Å²) < 4.78 is 22.0. The summed E-state index contributed by atoms with van der Waals surface area (Å²) in [5.41, 5.74) is -0.346. The molecule has 0 heterocycles. The highest BCUT2D eigenvalue weighted by Gasteiger charge is 2.47. The van der Waals surface area contributed by atoms with Crippen LogP contribution in [-0.2, 0) is 0 Å². The molecule has 2 rings (SSSR count). The average molecular weight is 183 g/mol. The largest absolute Gasteiger partial charge is 0.198 e. The molecule has 0 radical (unpaired) electrons. The van der Waals surface area contributed by atoms with Crippen LogP contribution < -0.4 is 0 Å². The van der Waals surface area contributed by atoms with Gasteiger partial charge in [-0.3, -0.25) is 0 Å². The Morgan fingerprint density at radius 2 is 2.67 bits per heavy atom. The van der Waals surface area contributed by atoms with Crippen molar-refractivity contribution in [2.24, 2.45) is 17.3 Å². The zero-order valence-corrected chi connectivity index (χ0v) is 8.09. The Morgan fingerprint density at radius 3 is 3.17 bits per heavy atom. The average Bonchev–Trinajstić information content (AvgIpc) is 2.73. The number of allylic oxidation sites excluding steroid dienone is 2. The molecule has 3 unspecified atom stereocenters. The van der Waals surface area contributed by atoms with Crippen molar-refractivity contribution in [3.63, 3.8) is 0 Å². The van der Waals surface area contributed by atoms with Crippen LogP contribution in [0.2, 0.25) is 6.04 Å². The quantitative estimate of drug-likeness (QED) is 0.477. The second kappa shape index (κ2) is 2.74. The van der Waals surface area contributed by atoms with Gasteiger partial charge >= 0.3 is 0 Å². The smallest absolute Gasteiger partial charge is 0.0696 e. The van der Waals surface area contributed by atoms with Gasteiger partial charge in [0.25, 0.3) is 0 Å². The van der Waals surface area contributed by atoms with Gasteiger partial charge in [-0.15, -0.1) is 0 Å². The summed E-state index contributed by atoms with van der Waals surface area (Å²) >= 11 is 0. The van der Waals surface area contributed by atoms with Gasteiger partial charge < -0.3 is 0 Å². The van der Waals surface area contributed by atoms with Crippen molar-refractivity contribution in [2.45, 2.75) is 25.3 Å². The highest BCUT2D eigenvalue weighted by atomic mass is 28.1. The molecule has 1 fully saturated rings. The number of rotatable bonds is 3. The van der Waals surface area contributed by atoms with E-state index in [9.17, 15) is 5.26 Å². The normalized spacial score (nSPS) is 48.1. The van der Waals surface area contributed by atoms with Crippen LogP contribution in [0, 0.1) is 28.6 Å². The Kier molecular flexibility index (Phi) is 1.20. The summed E-state index contributed by atoms with van der Waals surface area (Å²) in [7, 11) is -3.24. The lowest BCUT2D eigenvalue weighted by molar-refractivity contribution is 0.315. The van der Waals surface area contributed by atoms with Gasteiger partial charge in [-0.1, -0.05) is 18.2 Å². The third-order valence-electron chi connectivity index (χ3n) is 3.30. The van der Waals surface area contributed by atoms with E-state index in [4.69, 9.17) is 3.70 Å². The number of nitrogens with zero attached hydrogens (tertiary/aromatic N) is 1. The zero-order valence-electron chi connectivity index (χ0n) is 10.1. The van der Waals surface area contributed by atoms with Crippen LogP contribution in [0.3, 0.4) is 0 Å². The lowest BCUT2D eigenvalue weighted by Gasteiger charge is -2.27. The van der Waals surface area contributed by atoms with Crippen LogP contribution in [0.4, 0.5) is 0 Å². The van der Waals surface area contributed by atoms with Gasteiger partial charge in [0.05, 0.1) is 11.5 Å². The summed E-state index contributed by atoms with van der Waals surface area (Å²) in [6.45, 7) is 0. The van der Waals surface area contributed by atoms with Crippen molar-refractivity contribution in [1.29, 1.82) is 8.97 Å². The van der Waals surface area contributed by atoms with Gasteiger partial charge in [0.1, 0.15) is 0 Å². The molecular weight excluding hydrogens is 162 g/mol. The van der Waals surface area contributed by atoms with E-state index in [0.717, 1.165) is 12.8 Å². The Morgan fingerprint density at radius 1 is 1.75 bits per heavy atom. The standard InChI is InChI=1S/C10H15NSi/c11-7-10(3-4-12)6-8-1-2-9(10)5-8/h1-2,8-9H,3-6H2,12H3/i12T3. The predicted octanol–water partition coefficient (Wildman–Crippen LogP) is 1.27. The first-order valence-electron chi connectivity index (χ1n) is 6.05. The van der Waals surface area contributed by atoms with E-state index in [-0.39, 0.29) is 5.41 Å². The fourth-order valence-corrected chi connectivity index (χ4v) is 3.10. The molecule has 0 saturated heterocycles. The van der Waals surface area contributed by atoms with E-state index in [0.29, 0.717) is 24.3 Å². The Bertz CT molecular complexity index is 331. The van der Waals surface area contributed by atoms with Gasteiger partial charge in [-0.05, 0) is 31.1 Å². The predicted molar refractivity (Wildman–Crippen MR) is 52.8 cm³/mol. The van der Waals surface area contributed by atoms with Crippen molar-refractivity contribution in [3.8, 4) is 6.07 Å². The molecule has 0 amide bonds. The second-order valence-electron chi connectivity index (χ2n) is 3.96. The van der Waals surface area contributed by atoms with Crippen molar-refractivity contribution >= 4 is 10.0 Å². The van der Waals surface area contributed by atoms with Crippen LogP contribution >= 0.6 is 0 Å². The third-order valence-corrected chi connectivity index (χ3v) is 3.55. The summed E-state index contributed by atoms with van der Waals surface area (Å²) in [6, 6.07) is 2.71. The highest BCUT2D eigenvalue weighted by molar-refractivity contribution is 6.08. The molecule has 0 aromatic rings. The van der Waals surface area contributed by atoms with Crippen LogP contribution in [0.25, 0.3) is 0 Å². The molecule has 1 nitrogen and oxygen atoms in total. The number of fused-ring (bicyclic) bond motifs is 2. The number of hydrogen-bond acceptors (Lipinski definition) is 1. The second-order valence-corrected chi connectivity index (χ2v) is 4.46. The first-order chi connectivity index (χ1) is 6.95. The first kappa shape index (κ1) is 5.24. The Balaban J connectivity index is 2.06. The minimum Gasteiger partial charge on any atom is -0.198 e. The molecule has 0 spiro atoms. The molecule has 0 aliphatic heterocycles. The highest BCUT2D eigenvalue weighted by Crippen LogP contribution is 2.53. The van der Waals surface area contributed by atoms with E-state index in [2.05, 4.69) is 18.2 Å². The maximum atomic E-state index is 9.28. The van der Waals surface area contributed by atoms with Gasteiger partial charge in [0.15, 0.2) is 0 Å². The third kappa shape index (κ3) is 0.964. The van der Waals surface area contributed by atoms with Crippen LogP contribution in [0.5, 0.6) is 0 Å².